The van der Waals surface area contributed by atoms with E-state index in [9.17, 15) is 18.4 Å². The number of esters is 1. The molecule has 2 aromatic rings. The van der Waals surface area contributed by atoms with Crippen molar-refractivity contribution in [3.63, 3.8) is 0 Å². The monoisotopic (exact) mass is 383 g/mol. The van der Waals surface area contributed by atoms with Crippen molar-refractivity contribution in [2.45, 2.75) is 19.4 Å². The topological polar surface area (TPSA) is 64.6 Å². The number of hydrogen-bond acceptors (Lipinski definition) is 4. The normalized spacial score (nSPS) is 11.6. The van der Waals surface area contributed by atoms with Gasteiger partial charge in [-0.2, -0.15) is 0 Å². The number of carbonyl (C=O) groups excluding carboxylic acids is 2. The van der Waals surface area contributed by atoms with Crippen LogP contribution in [0.15, 0.2) is 36.4 Å². The predicted octanol–water partition coefficient (Wildman–Crippen LogP) is 3.74. The molecule has 0 spiro atoms. The number of anilines is 1. The lowest BCUT2D eigenvalue weighted by Gasteiger charge is -2.14. The zero-order valence-corrected chi connectivity index (χ0v) is 14.8. The van der Waals surface area contributed by atoms with E-state index in [0.29, 0.717) is 5.56 Å². The van der Waals surface area contributed by atoms with E-state index in [4.69, 9.17) is 21.1 Å². The lowest BCUT2D eigenvalue weighted by atomic mass is 10.1. The van der Waals surface area contributed by atoms with Crippen LogP contribution in [0.1, 0.15) is 12.5 Å². The van der Waals surface area contributed by atoms with E-state index in [-0.39, 0.29) is 22.9 Å². The summed E-state index contributed by atoms with van der Waals surface area (Å²) in [5.74, 6) is -2.46. The highest BCUT2D eigenvalue weighted by Gasteiger charge is 2.19. The molecular weight excluding hydrogens is 368 g/mol. The summed E-state index contributed by atoms with van der Waals surface area (Å²) < 4.78 is 36.5. The third-order valence-electron chi connectivity index (χ3n) is 3.43. The van der Waals surface area contributed by atoms with Crippen molar-refractivity contribution in [2.24, 2.45) is 0 Å². The molecule has 1 N–H and O–H groups in total. The Kier molecular flexibility index (Phi) is 6.52. The third kappa shape index (κ3) is 5.16. The molecule has 8 heteroatoms. The number of methoxy groups -OCH3 is 1. The minimum absolute atomic E-state index is 0.0628. The minimum atomic E-state index is -1.10. The van der Waals surface area contributed by atoms with Gasteiger partial charge in [-0.15, -0.1) is 0 Å². The van der Waals surface area contributed by atoms with Gasteiger partial charge >= 0.3 is 5.97 Å². The Morgan fingerprint density at radius 1 is 1.15 bits per heavy atom. The summed E-state index contributed by atoms with van der Waals surface area (Å²) in [5.41, 5.74) is 0.646. The van der Waals surface area contributed by atoms with Crippen LogP contribution in [0.5, 0.6) is 5.75 Å². The predicted molar refractivity (Wildman–Crippen MR) is 92.2 cm³/mol. The second kappa shape index (κ2) is 8.62. The number of amides is 1. The lowest BCUT2D eigenvalue weighted by molar-refractivity contribution is -0.152. The van der Waals surface area contributed by atoms with Crippen molar-refractivity contribution in [1.82, 2.24) is 0 Å². The molecule has 0 aliphatic heterocycles. The van der Waals surface area contributed by atoms with Gasteiger partial charge in [-0.1, -0.05) is 17.7 Å². The zero-order valence-electron chi connectivity index (χ0n) is 14.0. The maximum absolute atomic E-state index is 13.6. The van der Waals surface area contributed by atoms with E-state index >= 15 is 0 Å². The quantitative estimate of drug-likeness (QED) is 0.772. The zero-order chi connectivity index (χ0) is 19.3. The van der Waals surface area contributed by atoms with Gasteiger partial charge < -0.3 is 14.8 Å². The number of rotatable bonds is 6. The number of carbonyl (C=O) groups is 2. The van der Waals surface area contributed by atoms with Crippen molar-refractivity contribution < 1.29 is 27.8 Å². The van der Waals surface area contributed by atoms with Gasteiger partial charge in [0.25, 0.3) is 5.91 Å². The van der Waals surface area contributed by atoms with Gasteiger partial charge in [-0.05, 0) is 42.8 Å². The first-order valence-electron chi connectivity index (χ1n) is 7.58. The standard InChI is InChI=1S/C18H16ClF2NO4/c1-10(18(24)22-12-4-5-14(20)13(19)9-12)26-17(23)8-11-3-6-16(25-2)15(21)7-11/h3-7,9-10H,8H2,1-2H3,(H,22,24)/t10-/m0/s1. The highest BCUT2D eigenvalue weighted by Crippen LogP contribution is 2.20. The molecule has 1 amide bonds. The molecule has 0 unspecified atom stereocenters. The molecule has 1 atom stereocenters. The fourth-order valence-electron chi connectivity index (χ4n) is 2.10. The van der Waals surface area contributed by atoms with Crippen LogP contribution < -0.4 is 10.1 Å². The molecule has 0 bridgehead atoms. The van der Waals surface area contributed by atoms with Crippen LogP contribution in [0.3, 0.4) is 0 Å². The van der Waals surface area contributed by atoms with Gasteiger partial charge in [-0.25, -0.2) is 8.78 Å². The average Bonchev–Trinajstić information content (AvgIpc) is 2.58. The molecule has 0 aliphatic rings. The van der Waals surface area contributed by atoms with E-state index < -0.39 is 29.6 Å². The summed E-state index contributed by atoms with van der Waals surface area (Å²) in [5, 5.41) is 2.31. The second-order valence-electron chi connectivity index (χ2n) is 5.40. The number of benzene rings is 2. The fourth-order valence-corrected chi connectivity index (χ4v) is 2.28. The van der Waals surface area contributed by atoms with Crippen LogP contribution in [-0.4, -0.2) is 25.1 Å². The van der Waals surface area contributed by atoms with Gasteiger partial charge in [0.2, 0.25) is 0 Å². The molecule has 0 heterocycles. The molecule has 0 aliphatic carbocycles. The van der Waals surface area contributed by atoms with E-state index in [1.165, 1.54) is 38.3 Å². The Morgan fingerprint density at radius 2 is 1.88 bits per heavy atom. The summed E-state index contributed by atoms with van der Waals surface area (Å²) in [7, 11) is 1.33. The third-order valence-corrected chi connectivity index (χ3v) is 3.72. The number of halogens is 3. The summed E-state index contributed by atoms with van der Waals surface area (Å²) in [6, 6.07) is 7.75. The maximum atomic E-state index is 13.6. The molecule has 26 heavy (non-hydrogen) atoms. The van der Waals surface area contributed by atoms with Crippen molar-refractivity contribution in [2.75, 3.05) is 12.4 Å². The van der Waals surface area contributed by atoms with Gasteiger partial charge in [0.15, 0.2) is 17.7 Å². The van der Waals surface area contributed by atoms with Gasteiger partial charge in [0, 0.05) is 5.69 Å². The molecule has 0 saturated heterocycles. The van der Waals surface area contributed by atoms with Crippen LogP contribution in [0.2, 0.25) is 5.02 Å². The largest absolute Gasteiger partial charge is 0.494 e. The molecule has 138 valence electrons. The molecule has 0 fully saturated rings. The van der Waals surface area contributed by atoms with E-state index in [2.05, 4.69) is 5.32 Å². The maximum Gasteiger partial charge on any atom is 0.311 e. The van der Waals surface area contributed by atoms with Gasteiger partial charge in [-0.3, -0.25) is 9.59 Å². The molecule has 0 saturated carbocycles. The van der Waals surface area contributed by atoms with E-state index in [0.717, 1.165) is 12.1 Å². The average molecular weight is 384 g/mol. The first kappa shape index (κ1) is 19.7. The number of nitrogens with one attached hydrogen (secondary N) is 1. The molecule has 2 rings (SSSR count). The fraction of sp³-hybridized carbons (Fsp3) is 0.222. The molecular formula is C18H16ClF2NO4. The van der Waals surface area contributed by atoms with Crippen LogP contribution in [0.4, 0.5) is 14.5 Å². The summed E-state index contributed by atoms with van der Waals surface area (Å²) in [6.07, 6.45) is -1.31. The number of ether oxygens (including phenoxy) is 2. The summed E-state index contributed by atoms with van der Waals surface area (Å²) in [6.45, 7) is 1.38. The Bertz CT molecular complexity index is 829. The van der Waals surface area contributed by atoms with Gasteiger partial charge in [0.1, 0.15) is 5.82 Å². The lowest BCUT2D eigenvalue weighted by Crippen LogP contribution is -2.30. The molecule has 0 aromatic heterocycles. The minimum Gasteiger partial charge on any atom is -0.494 e. The Hall–Kier alpha value is -2.67. The Morgan fingerprint density at radius 3 is 2.50 bits per heavy atom. The van der Waals surface area contributed by atoms with Crippen LogP contribution in [-0.2, 0) is 20.7 Å². The molecule has 5 nitrogen and oxygen atoms in total. The first-order valence-corrected chi connectivity index (χ1v) is 7.95. The summed E-state index contributed by atoms with van der Waals surface area (Å²) >= 11 is 5.63. The Balaban J connectivity index is 1.92. The summed E-state index contributed by atoms with van der Waals surface area (Å²) in [4.78, 5) is 24.0. The van der Waals surface area contributed by atoms with Crippen molar-refractivity contribution in [3.8, 4) is 5.75 Å². The molecule has 0 radical (unpaired) electrons. The first-order chi connectivity index (χ1) is 12.3. The van der Waals surface area contributed by atoms with E-state index in [1.54, 1.807) is 0 Å². The SMILES string of the molecule is COc1ccc(CC(=O)O[C@@H](C)C(=O)Nc2ccc(F)c(Cl)c2)cc1F. The van der Waals surface area contributed by atoms with Gasteiger partial charge in [0.05, 0.1) is 18.6 Å². The Labute approximate surface area is 153 Å². The van der Waals surface area contributed by atoms with Crippen molar-refractivity contribution in [3.05, 3.63) is 58.6 Å². The highest BCUT2D eigenvalue weighted by molar-refractivity contribution is 6.31. The van der Waals surface area contributed by atoms with Crippen LogP contribution >= 0.6 is 11.6 Å². The second-order valence-corrected chi connectivity index (χ2v) is 5.80. The highest BCUT2D eigenvalue weighted by atomic mass is 35.5. The van der Waals surface area contributed by atoms with E-state index in [1.807, 2.05) is 0 Å². The van der Waals surface area contributed by atoms with Crippen LogP contribution in [0, 0.1) is 11.6 Å². The molecule has 2 aromatic carbocycles. The van der Waals surface area contributed by atoms with Crippen LogP contribution in [0.25, 0.3) is 0 Å². The number of hydrogen-bond donors (Lipinski definition) is 1. The smallest absolute Gasteiger partial charge is 0.311 e. The van der Waals surface area contributed by atoms with Crippen molar-refractivity contribution >= 4 is 29.2 Å². The van der Waals surface area contributed by atoms with Crippen molar-refractivity contribution in [1.29, 1.82) is 0 Å².